The van der Waals surface area contributed by atoms with Crippen molar-refractivity contribution in [2.75, 3.05) is 5.32 Å². The molecule has 2 aromatic rings. The van der Waals surface area contributed by atoms with E-state index in [-0.39, 0.29) is 16.4 Å². The highest BCUT2D eigenvalue weighted by molar-refractivity contribution is 7.80. The Hall–Kier alpha value is -2.73. The van der Waals surface area contributed by atoms with Crippen molar-refractivity contribution in [1.82, 2.24) is 5.32 Å². The van der Waals surface area contributed by atoms with Crippen molar-refractivity contribution < 1.29 is 9.59 Å². The smallest absolute Gasteiger partial charge is 0.257 e. The van der Waals surface area contributed by atoms with Gasteiger partial charge in [0.1, 0.15) is 0 Å². The van der Waals surface area contributed by atoms with Crippen LogP contribution in [-0.4, -0.2) is 16.9 Å². The summed E-state index contributed by atoms with van der Waals surface area (Å²) in [6.07, 6.45) is 0. The van der Waals surface area contributed by atoms with Crippen LogP contribution in [-0.2, 0) is 5.41 Å². The van der Waals surface area contributed by atoms with Gasteiger partial charge in [0.25, 0.3) is 5.91 Å². The summed E-state index contributed by atoms with van der Waals surface area (Å²) in [6.45, 7) is 6.35. The Morgan fingerprint density at radius 1 is 0.920 bits per heavy atom. The molecule has 0 spiro atoms. The predicted molar refractivity (Wildman–Crippen MR) is 104 cm³/mol. The minimum absolute atomic E-state index is 0.0307. The van der Waals surface area contributed by atoms with Gasteiger partial charge < -0.3 is 11.1 Å². The van der Waals surface area contributed by atoms with Crippen LogP contribution in [0.3, 0.4) is 0 Å². The minimum atomic E-state index is -0.499. The van der Waals surface area contributed by atoms with Crippen LogP contribution < -0.4 is 16.4 Å². The molecule has 0 aromatic heterocycles. The summed E-state index contributed by atoms with van der Waals surface area (Å²) < 4.78 is 0. The third-order valence-electron chi connectivity index (χ3n) is 3.67. The predicted octanol–water partition coefficient (Wildman–Crippen LogP) is 3.21. The van der Waals surface area contributed by atoms with E-state index in [4.69, 9.17) is 18.0 Å². The van der Waals surface area contributed by atoms with Gasteiger partial charge in [-0.15, -0.1) is 0 Å². The van der Waals surface area contributed by atoms with E-state index < -0.39 is 5.91 Å². The Morgan fingerprint density at radius 2 is 1.44 bits per heavy atom. The van der Waals surface area contributed by atoms with E-state index in [0.29, 0.717) is 16.8 Å². The summed E-state index contributed by atoms with van der Waals surface area (Å²) in [5.74, 6) is -0.784. The maximum atomic E-state index is 12.2. The van der Waals surface area contributed by atoms with Crippen LogP contribution in [0.4, 0.5) is 5.69 Å². The highest BCUT2D eigenvalue weighted by Gasteiger charge is 2.14. The normalized spacial score (nSPS) is 10.8. The van der Waals surface area contributed by atoms with Crippen LogP contribution in [0.25, 0.3) is 0 Å². The van der Waals surface area contributed by atoms with Crippen molar-refractivity contribution in [2.45, 2.75) is 26.2 Å². The minimum Gasteiger partial charge on any atom is -0.366 e. The summed E-state index contributed by atoms with van der Waals surface area (Å²) in [6, 6.07) is 13.9. The zero-order chi connectivity index (χ0) is 18.6. The molecule has 25 heavy (non-hydrogen) atoms. The topological polar surface area (TPSA) is 84.2 Å². The molecule has 0 aliphatic rings. The average Bonchev–Trinajstić information content (AvgIpc) is 2.54. The van der Waals surface area contributed by atoms with Crippen molar-refractivity contribution in [3.8, 4) is 0 Å². The molecule has 0 aliphatic heterocycles. The molecule has 0 unspecified atom stereocenters. The first-order valence-electron chi connectivity index (χ1n) is 7.79. The van der Waals surface area contributed by atoms with Gasteiger partial charge in [-0.3, -0.25) is 14.9 Å². The number of anilines is 1. The molecular formula is C19H21N3O2S. The Labute approximate surface area is 152 Å². The standard InChI is InChI=1S/C19H21N3O2S/c1-19(2,3)14-8-4-13(5-9-14)17(24)22-18(25)21-15-10-6-12(7-11-15)16(20)23/h4-11H,1-3H3,(H2,20,23)(H2,21,22,24,25). The molecule has 0 fully saturated rings. The van der Waals surface area contributed by atoms with Crippen LogP contribution in [0.2, 0.25) is 0 Å². The molecule has 2 amide bonds. The lowest BCUT2D eigenvalue weighted by Crippen LogP contribution is -2.34. The first kappa shape index (κ1) is 18.6. The molecule has 0 heterocycles. The Kier molecular flexibility index (Phi) is 5.54. The highest BCUT2D eigenvalue weighted by Crippen LogP contribution is 2.22. The second kappa shape index (κ2) is 7.44. The van der Waals surface area contributed by atoms with Crippen LogP contribution in [0.5, 0.6) is 0 Å². The molecule has 6 heteroatoms. The van der Waals surface area contributed by atoms with Gasteiger partial charge in [-0.25, -0.2) is 0 Å². The number of carbonyl (C=O) groups excluding carboxylic acids is 2. The lowest BCUT2D eigenvalue weighted by atomic mass is 9.87. The highest BCUT2D eigenvalue weighted by atomic mass is 32.1. The molecule has 2 aromatic carbocycles. The number of rotatable bonds is 3. The summed E-state index contributed by atoms with van der Waals surface area (Å²) in [5, 5.41) is 5.70. The molecule has 0 aliphatic carbocycles. The molecule has 0 bridgehead atoms. The van der Waals surface area contributed by atoms with Crippen molar-refractivity contribution in [3.05, 3.63) is 65.2 Å². The van der Waals surface area contributed by atoms with Gasteiger partial charge in [0.05, 0.1) is 0 Å². The molecule has 0 atom stereocenters. The van der Waals surface area contributed by atoms with Gasteiger partial charge in [0.2, 0.25) is 5.91 Å². The van der Waals surface area contributed by atoms with E-state index >= 15 is 0 Å². The number of carbonyl (C=O) groups is 2. The molecule has 2 rings (SSSR count). The Bertz CT molecular complexity index is 791. The quantitative estimate of drug-likeness (QED) is 0.738. The molecule has 5 nitrogen and oxygen atoms in total. The maximum absolute atomic E-state index is 12.2. The van der Waals surface area contributed by atoms with Crippen molar-refractivity contribution in [2.24, 2.45) is 5.73 Å². The van der Waals surface area contributed by atoms with E-state index in [1.165, 1.54) is 0 Å². The number of benzene rings is 2. The first-order chi connectivity index (χ1) is 11.7. The Balaban J connectivity index is 1.97. The van der Waals surface area contributed by atoms with E-state index in [1.54, 1.807) is 36.4 Å². The molecular weight excluding hydrogens is 334 g/mol. The number of amides is 2. The number of thiocarbonyl (C=S) groups is 1. The fraction of sp³-hybridized carbons (Fsp3) is 0.211. The fourth-order valence-corrected chi connectivity index (χ4v) is 2.39. The second-order valence-electron chi connectivity index (χ2n) is 6.68. The number of nitrogens with two attached hydrogens (primary N) is 1. The average molecular weight is 355 g/mol. The van der Waals surface area contributed by atoms with Gasteiger partial charge in [0.15, 0.2) is 5.11 Å². The molecule has 4 N–H and O–H groups in total. The number of nitrogens with one attached hydrogen (secondary N) is 2. The third kappa shape index (κ3) is 5.12. The number of primary amides is 1. The van der Waals surface area contributed by atoms with Crippen LogP contribution >= 0.6 is 12.2 Å². The third-order valence-corrected chi connectivity index (χ3v) is 3.87. The molecule has 0 saturated carbocycles. The number of hydrogen-bond acceptors (Lipinski definition) is 3. The first-order valence-corrected chi connectivity index (χ1v) is 8.20. The lowest BCUT2D eigenvalue weighted by molar-refractivity contribution is 0.0975. The summed E-state index contributed by atoms with van der Waals surface area (Å²) in [4.78, 5) is 23.3. The summed E-state index contributed by atoms with van der Waals surface area (Å²) in [5.41, 5.74) is 7.96. The lowest BCUT2D eigenvalue weighted by Gasteiger charge is -2.19. The van der Waals surface area contributed by atoms with Crippen molar-refractivity contribution in [3.63, 3.8) is 0 Å². The summed E-state index contributed by atoms with van der Waals surface area (Å²) >= 11 is 5.15. The van der Waals surface area contributed by atoms with E-state index in [9.17, 15) is 9.59 Å². The monoisotopic (exact) mass is 355 g/mol. The van der Waals surface area contributed by atoms with Crippen LogP contribution in [0, 0.1) is 0 Å². The van der Waals surface area contributed by atoms with E-state index in [0.717, 1.165) is 5.56 Å². The van der Waals surface area contributed by atoms with Crippen LogP contribution in [0.15, 0.2) is 48.5 Å². The number of hydrogen-bond donors (Lipinski definition) is 3. The summed E-state index contributed by atoms with van der Waals surface area (Å²) in [7, 11) is 0. The largest absolute Gasteiger partial charge is 0.366 e. The zero-order valence-corrected chi connectivity index (χ0v) is 15.2. The van der Waals surface area contributed by atoms with Gasteiger partial charge in [0, 0.05) is 16.8 Å². The van der Waals surface area contributed by atoms with Gasteiger partial charge in [-0.05, 0) is 59.6 Å². The maximum Gasteiger partial charge on any atom is 0.257 e. The van der Waals surface area contributed by atoms with E-state index in [1.807, 2.05) is 12.1 Å². The Morgan fingerprint density at radius 3 is 1.92 bits per heavy atom. The molecule has 0 saturated heterocycles. The van der Waals surface area contributed by atoms with Crippen LogP contribution in [0.1, 0.15) is 47.1 Å². The molecule has 0 radical (unpaired) electrons. The van der Waals surface area contributed by atoms with Gasteiger partial charge in [-0.2, -0.15) is 0 Å². The zero-order valence-electron chi connectivity index (χ0n) is 14.4. The SMILES string of the molecule is CC(C)(C)c1ccc(C(=O)NC(=S)Nc2ccc(C(N)=O)cc2)cc1. The van der Waals surface area contributed by atoms with Crippen molar-refractivity contribution >= 4 is 34.8 Å². The van der Waals surface area contributed by atoms with Gasteiger partial charge >= 0.3 is 0 Å². The molecule has 130 valence electrons. The second-order valence-corrected chi connectivity index (χ2v) is 7.09. The fourth-order valence-electron chi connectivity index (χ4n) is 2.18. The van der Waals surface area contributed by atoms with Crippen molar-refractivity contribution in [1.29, 1.82) is 0 Å². The van der Waals surface area contributed by atoms with Gasteiger partial charge in [-0.1, -0.05) is 32.9 Å². The van der Waals surface area contributed by atoms with E-state index in [2.05, 4.69) is 31.4 Å².